The number of rotatable bonds is 6. The average Bonchev–Trinajstić information content (AvgIpc) is 3.30. The van der Waals surface area contributed by atoms with Crippen molar-refractivity contribution in [2.45, 2.75) is 20.0 Å². The van der Waals surface area contributed by atoms with Crippen LogP contribution in [0.15, 0.2) is 52.2 Å². The Bertz CT molecular complexity index is 1010. The molecule has 2 aromatic heterocycles. The SMILES string of the molecule is CCNC(=NCc1cc(N(C)C)nc2ccccc12)N1CCN(Cc2ccon2)CC1. The Morgan fingerprint density at radius 1 is 1.16 bits per heavy atom. The number of anilines is 1. The Kier molecular flexibility index (Phi) is 6.66. The van der Waals surface area contributed by atoms with Crippen molar-refractivity contribution in [1.82, 2.24) is 25.3 Å². The Hall–Kier alpha value is -3.13. The van der Waals surface area contributed by atoms with E-state index in [1.807, 2.05) is 31.1 Å². The summed E-state index contributed by atoms with van der Waals surface area (Å²) >= 11 is 0. The van der Waals surface area contributed by atoms with Gasteiger partial charge in [0.15, 0.2) is 5.96 Å². The van der Waals surface area contributed by atoms with Crippen molar-refractivity contribution < 1.29 is 4.52 Å². The number of nitrogens with zero attached hydrogens (tertiary/aromatic N) is 6. The molecule has 1 aliphatic rings. The molecule has 0 amide bonds. The molecular weight excluding hydrogens is 390 g/mol. The van der Waals surface area contributed by atoms with E-state index in [1.54, 1.807) is 6.26 Å². The van der Waals surface area contributed by atoms with Gasteiger partial charge in [-0.05, 0) is 24.6 Å². The smallest absolute Gasteiger partial charge is 0.194 e. The first-order chi connectivity index (χ1) is 15.1. The third-order valence-corrected chi connectivity index (χ3v) is 5.53. The van der Waals surface area contributed by atoms with Gasteiger partial charge in [-0.2, -0.15) is 0 Å². The van der Waals surface area contributed by atoms with Crippen LogP contribution in [0.4, 0.5) is 5.82 Å². The van der Waals surface area contributed by atoms with E-state index in [4.69, 9.17) is 14.5 Å². The predicted octanol–water partition coefficient (Wildman–Crippen LogP) is 2.57. The minimum Gasteiger partial charge on any atom is -0.364 e. The normalized spacial score (nSPS) is 15.5. The molecule has 3 aromatic rings. The minimum absolute atomic E-state index is 0.616. The molecule has 8 nitrogen and oxygen atoms in total. The fraction of sp³-hybridized carbons (Fsp3) is 0.435. The Morgan fingerprint density at radius 2 is 1.97 bits per heavy atom. The van der Waals surface area contributed by atoms with E-state index in [1.165, 1.54) is 5.56 Å². The molecule has 1 N–H and O–H groups in total. The number of fused-ring (bicyclic) bond motifs is 1. The molecule has 164 valence electrons. The Labute approximate surface area is 183 Å². The monoisotopic (exact) mass is 421 g/mol. The molecule has 1 aromatic carbocycles. The van der Waals surface area contributed by atoms with Crippen molar-refractivity contribution in [2.24, 2.45) is 4.99 Å². The lowest BCUT2D eigenvalue weighted by Crippen LogP contribution is -2.52. The highest BCUT2D eigenvalue weighted by molar-refractivity contribution is 5.85. The number of aliphatic imine (C=N–C) groups is 1. The largest absolute Gasteiger partial charge is 0.364 e. The van der Waals surface area contributed by atoms with Gasteiger partial charge in [0.1, 0.15) is 12.1 Å². The molecule has 0 spiro atoms. The number of hydrogen-bond acceptors (Lipinski definition) is 6. The molecule has 0 saturated carbocycles. The van der Waals surface area contributed by atoms with Crippen molar-refractivity contribution in [3.63, 3.8) is 0 Å². The fourth-order valence-corrected chi connectivity index (χ4v) is 3.84. The maximum absolute atomic E-state index is 5.00. The molecule has 0 aliphatic carbocycles. The van der Waals surface area contributed by atoms with Gasteiger partial charge >= 0.3 is 0 Å². The van der Waals surface area contributed by atoms with Gasteiger partial charge in [0.05, 0.1) is 17.8 Å². The van der Waals surface area contributed by atoms with Crippen LogP contribution >= 0.6 is 0 Å². The molecular formula is C23H31N7O. The highest BCUT2D eigenvalue weighted by atomic mass is 16.5. The predicted molar refractivity (Wildman–Crippen MR) is 124 cm³/mol. The summed E-state index contributed by atoms with van der Waals surface area (Å²) in [6.07, 6.45) is 1.63. The van der Waals surface area contributed by atoms with Gasteiger partial charge in [-0.25, -0.2) is 9.98 Å². The van der Waals surface area contributed by atoms with E-state index in [-0.39, 0.29) is 0 Å². The van der Waals surface area contributed by atoms with Crippen molar-refractivity contribution in [2.75, 3.05) is 51.7 Å². The summed E-state index contributed by atoms with van der Waals surface area (Å²) in [5, 5.41) is 8.66. The first-order valence-electron chi connectivity index (χ1n) is 10.8. The van der Waals surface area contributed by atoms with Crippen LogP contribution < -0.4 is 10.2 Å². The number of nitrogens with one attached hydrogen (secondary N) is 1. The van der Waals surface area contributed by atoms with E-state index < -0.39 is 0 Å². The fourth-order valence-electron chi connectivity index (χ4n) is 3.84. The first kappa shape index (κ1) is 21.1. The number of hydrogen-bond donors (Lipinski definition) is 1. The Morgan fingerprint density at radius 3 is 2.68 bits per heavy atom. The van der Waals surface area contributed by atoms with Crippen molar-refractivity contribution >= 4 is 22.7 Å². The van der Waals surface area contributed by atoms with Crippen LogP contribution in [-0.2, 0) is 13.1 Å². The van der Waals surface area contributed by atoms with Crippen LogP contribution in [0.5, 0.6) is 0 Å². The number of benzene rings is 1. The highest BCUT2D eigenvalue weighted by Gasteiger charge is 2.20. The maximum Gasteiger partial charge on any atom is 0.194 e. The van der Waals surface area contributed by atoms with Gasteiger partial charge in [0, 0.05) is 64.8 Å². The van der Waals surface area contributed by atoms with E-state index in [2.05, 4.69) is 51.5 Å². The molecule has 1 saturated heterocycles. The molecule has 1 fully saturated rings. The summed E-state index contributed by atoms with van der Waals surface area (Å²) in [7, 11) is 4.04. The lowest BCUT2D eigenvalue weighted by Gasteiger charge is -2.36. The van der Waals surface area contributed by atoms with E-state index in [0.717, 1.165) is 67.6 Å². The molecule has 4 rings (SSSR count). The standard InChI is InChI=1S/C23H31N7O/c1-4-24-23(30-12-10-29(11-13-30)17-19-9-14-31-27-19)25-16-18-15-22(28(2)3)26-21-8-6-5-7-20(18)21/h5-9,14-15H,4,10-13,16-17H2,1-3H3,(H,24,25). The van der Waals surface area contributed by atoms with Gasteiger partial charge in [0.25, 0.3) is 0 Å². The summed E-state index contributed by atoms with van der Waals surface area (Å²) in [6, 6.07) is 12.4. The second kappa shape index (κ2) is 9.78. The van der Waals surface area contributed by atoms with Gasteiger partial charge in [-0.1, -0.05) is 23.4 Å². The molecule has 1 aliphatic heterocycles. The van der Waals surface area contributed by atoms with Crippen LogP contribution in [-0.4, -0.2) is 72.7 Å². The second-order valence-electron chi connectivity index (χ2n) is 7.98. The number of para-hydroxylation sites is 1. The molecule has 0 unspecified atom stereocenters. The molecule has 0 radical (unpaired) electrons. The number of guanidine groups is 1. The van der Waals surface area contributed by atoms with Gasteiger partial charge in [0.2, 0.25) is 0 Å². The lowest BCUT2D eigenvalue weighted by molar-refractivity contribution is 0.169. The average molecular weight is 422 g/mol. The molecule has 31 heavy (non-hydrogen) atoms. The zero-order chi connectivity index (χ0) is 21.6. The van der Waals surface area contributed by atoms with Crippen molar-refractivity contribution in [3.8, 4) is 0 Å². The van der Waals surface area contributed by atoms with Crippen LogP contribution in [0.3, 0.4) is 0 Å². The highest BCUT2D eigenvalue weighted by Crippen LogP contribution is 2.23. The maximum atomic E-state index is 5.00. The topological polar surface area (TPSA) is 73.0 Å². The second-order valence-corrected chi connectivity index (χ2v) is 7.98. The summed E-state index contributed by atoms with van der Waals surface area (Å²) in [5.74, 6) is 1.92. The third kappa shape index (κ3) is 5.14. The number of pyridine rings is 1. The van der Waals surface area contributed by atoms with Gasteiger partial charge in [-0.3, -0.25) is 4.90 Å². The third-order valence-electron chi connectivity index (χ3n) is 5.53. The molecule has 8 heteroatoms. The van der Waals surface area contributed by atoms with E-state index in [0.29, 0.717) is 6.54 Å². The summed E-state index contributed by atoms with van der Waals surface area (Å²) in [6.45, 7) is 8.22. The molecule has 3 heterocycles. The van der Waals surface area contributed by atoms with Crippen molar-refractivity contribution in [1.29, 1.82) is 0 Å². The van der Waals surface area contributed by atoms with Crippen molar-refractivity contribution in [3.05, 3.63) is 53.9 Å². The summed E-state index contributed by atoms with van der Waals surface area (Å²) < 4.78 is 4.95. The lowest BCUT2D eigenvalue weighted by atomic mass is 10.1. The quantitative estimate of drug-likeness (QED) is 0.484. The first-order valence-corrected chi connectivity index (χ1v) is 10.8. The minimum atomic E-state index is 0.616. The van der Waals surface area contributed by atoms with E-state index >= 15 is 0 Å². The van der Waals surface area contributed by atoms with E-state index in [9.17, 15) is 0 Å². The van der Waals surface area contributed by atoms with Gasteiger partial charge < -0.3 is 19.6 Å². The van der Waals surface area contributed by atoms with Crippen LogP contribution in [0.1, 0.15) is 18.2 Å². The van der Waals surface area contributed by atoms with Gasteiger partial charge in [-0.15, -0.1) is 0 Å². The van der Waals surface area contributed by atoms with Crippen LogP contribution in [0.25, 0.3) is 10.9 Å². The molecule has 0 bridgehead atoms. The zero-order valence-corrected chi connectivity index (χ0v) is 18.6. The summed E-state index contributed by atoms with van der Waals surface area (Å²) in [4.78, 5) is 16.5. The number of aromatic nitrogens is 2. The van der Waals surface area contributed by atoms with Crippen LogP contribution in [0.2, 0.25) is 0 Å². The summed E-state index contributed by atoms with van der Waals surface area (Å²) in [5.41, 5.74) is 3.18. The number of piperazine rings is 1. The molecule has 0 atom stereocenters. The Balaban J connectivity index is 1.48. The van der Waals surface area contributed by atoms with Crippen LogP contribution in [0, 0.1) is 0 Å². The zero-order valence-electron chi connectivity index (χ0n) is 18.6.